The van der Waals surface area contributed by atoms with Gasteiger partial charge in [-0.05, 0) is 104 Å². The van der Waals surface area contributed by atoms with Crippen LogP contribution in [0.5, 0.6) is 11.5 Å². The minimum absolute atomic E-state index is 0.0823. The van der Waals surface area contributed by atoms with E-state index in [0.717, 1.165) is 56.1 Å². The van der Waals surface area contributed by atoms with E-state index in [4.69, 9.17) is 4.74 Å². The minimum Gasteiger partial charge on any atom is -0.504 e. The number of hydrogen-bond donors (Lipinski definition) is 2. The van der Waals surface area contributed by atoms with Gasteiger partial charge in [0.25, 0.3) is 0 Å². The first kappa shape index (κ1) is 24.6. The Morgan fingerprint density at radius 2 is 1.60 bits per heavy atom. The molecule has 0 saturated heterocycles. The third kappa shape index (κ3) is 2.93. The predicted octanol–water partition coefficient (Wildman–Crippen LogP) is 5.99. The monoisotopic (exact) mass is 482 g/mol. The average molecular weight is 483 g/mol. The summed E-state index contributed by atoms with van der Waals surface area (Å²) in [7, 11) is 1.49. The fraction of sp³-hybridized carbons (Fsp3) is 0.733. The van der Waals surface area contributed by atoms with Gasteiger partial charge in [0.15, 0.2) is 11.5 Å². The number of carbonyl (C=O) groups is 2. The zero-order chi connectivity index (χ0) is 25.8. The third-order valence-electron chi connectivity index (χ3n) is 12.1. The number of ether oxygens (including phenoxy) is 1. The lowest BCUT2D eigenvalue weighted by atomic mass is 9.32. The highest BCUT2D eigenvalue weighted by Crippen LogP contribution is 2.75. The summed E-state index contributed by atoms with van der Waals surface area (Å²) in [4.78, 5) is 26.9. The van der Waals surface area contributed by atoms with E-state index in [-0.39, 0.29) is 50.8 Å². The third-order valence-corrected chi connectivity index (χ3v) is 12.1. The standard InChI is InChI=1S/C30H42O5/c1-17-18-14-21(32)24-28(4,19(18)15-20(31)23(17)33)11-13-29(5)22-16-27(3,25(34)35-7)9-8-26(22,2)10-12-30(24,29)6/h15,22,24,31,33H,8-14,16H2,1-7H3. The highest BCUT2D eigenvalue weighted by atomic mass is 16.5. The van der Waals surface area contributed by atoms with Crippen molar-refractivity contribution in [2.45, 2.75) is 98.3 Å². The molecule has 2 N–H and O–H groups in total. The Morgan fingerprint density at radius 3 is 2.26 bits per heavy atom. The SMILES string of the molecule is COC(=O)C1(C)CCC2(C)CCC3(C)C4C(=O)Cc5c(cc(O)c(O)c5C)C4(C)CCC3(C)C2C1. The van der Waals surface area contributed by atoms with Gasteiger partial charge in [0.1, 0.15) is 5.78 Å². The van der Waals surface area contributed by atoms with E-state index in [9.17, 15) is 19.8 Å². The molecule has 4 aliphatic carbocycles. The Morgan fingerprint density at radius 1 is 0.971 bits per heavy atom. The van der Waals surface area contributed by atoms with E-state index in [2.05, 4.69) is 34.6 Å². The predicted molar refractivity (Wildman–Crippen MR) is 134 cm³/mol. The molecule has 3 fully saturated rings. The van der Waals surface area contributed by atoms with Crippen LogP contribution in [0, 0.1) is 40.4 Å². The van der Waals surface area contributed by atoms with Gasteiger partial charge in [0.2, 0.25) is 0 Å². The number of hydrogen-bond acceptors (Lipinski definition) is 5. The fourth-order valence-corrected chi connectivity index (χ4v) is 9.63. The molecule has 1 aromatic rings. The highest BCUT2D eigenvalue weighted by molar-refractivity contribution is 5.89. The Bertz CT molecular complexity index is 1120. The summed E-state index contributed by atoms with van der Waals surface area (Å²) in [6, 6.07) is 1.73. The molecule has 0 aliphatic heterocycles. The Kier molecular flexibility index (Phi) is 5.11. The Balaban J connectivity index is 1.63. The van der Waals surface area contributed by atoms with Gasteiger partial charge >= 0.3 is 5.97 Å². The highest BCUT2D eigenvalue weighted by Gasteiger charge is 2.70. The van der Waals surface area contributed by atoms with Crippen LogP contribution in [0.25, 0.3) is 0 Å². The molecule has 35 heavy (non-hydrogen) atoms. The number of Topliss-reactive ketones (excluding diaryl/α,β-unsaturated/α-hetero) is 1. The largest absolute Gasteiger partial charge is 0.504 e. The van der Waals surface area contributed by atoms with Crippen molar-refractivity contribution in [3.05, 3.63) is 22.8 Å². The number of phenolic OH excluding ortho intramolecular Hbond substituents is 2. The van der Waals surface area contributed by atoms with Gasteiger partial charge in [-0.25, -0.2) is 0 Å². The van der Waals surface area contributed by atoms with Crippen molar-refractivity contribution in [2.75, 3.05) is 7.11 Å². The van der Waals surface area contributed by atoms with E-state index >= 15 is 0 Å². The smallest absolute Gasteiger partial charge is 0.311 e. The van der Waals surface area contributed by atoms with Crippen LogP contribution >= 0.6 is 0 Å². The number of fused-ring (bicyclic) bond motifs is 7. The Hall–Kier alpha value is -2.04. The van der Waals surface area contributed by atoms with Crippen molar-refractivity contribution in [1.29, 1.82) is 0 Å². The van der Waals surface area contributed by atoms with E-state index < -0.39 is 5.41 Å². The quantitative estimate of drug-likeness (QED) is 0.379. The zero-order valence-electron chi connectivity index (χ0n) is 22.5. The summed E-state index contributed by atoms with van der Waals surface area (Å²) in [5, 5.41) is 20.9. The average Bonchev–Trinajstić information content (AvgIpc) is 2.81. The maximum absolute atomic E-state index is 14.1. The van der Waals surface area contributed by atoms with Crippen LogP contribution in [0.2, 0.25) is 0 Å². The molecule has 0 amide bonds. The molecule has 0 bridgehead atoms. The van der Waals surface area contributed by atoms with Crippen molar-refractivity contribution in [3.8, 4) is 11.5 Å². The number of aromatic hydroxyl groups is 2. The van der Waals surface area contributed by atoms with Crippen LogP contribution in [0.3, 0.4) is 0 Å². The molecule has 5 heteroatoms. The van der Waals surface area contributed by atoms with Crippen LogP contribution in [0.4, 0.5) is 0 Å². The molecule has 7 atom stereocenters. The molecule has 0 heterocycles. The van der Waals surface area contributed by atoms with E-state index in [1.165, 1.54) is 7.11 Å². The molecule has 0 radical (unpaired) electrons. The number of benzene rings is 1. The first-order valence-corrected chi connectivity index (χ1v) is 13.3. The Labute approximate surface area is 209 Å². The second kappa shape index (κ2) is 7.26. The van der Waals surface area contributed by atoms with Crippen molar-refractivity contribution in [1.82, 2.24) is 0 Å². The van der Waals surface area contributed by atoms with Crippen molar-refractivity contribution >= 4 is 11.8 Å². The lowest BCUT2D eigenvalue weighted by molar-refractivity contribution is -0.213. The summed E-state index contributed by atoms with van der Waals surface area (Å²) in [5.74, 6) is 0.136. The van der Waals surface area contributed by atoms with Gasteiger partial charge in [0, 0.05) is 17.8 Å². The van der Waals surface area contributed by atoms with Crippen molar-refractivity contribution in [2.24, 2.45) is 33.5 Å². The molecule has 5 nitrogen and oxygen atoms in total. The maximum atomic E-state index is 14.1. The molecule has 3 saturated carbocycles. The van der Waals surface area contributed by atoms with Crippen LogP contribution in [0.1, 0.15) is 96.3 Å². The topological polar surface area (TPSA) is 83.8 Å². The van der Waals surface area contributed by atoms with E-state index in [1.54, 1.807) is 13.0 Å². The van der Waals surface area contributed by atoms with Crippen molar-refractivity contribution < 1.29 is 24.5 Å². The van der Waals surface area contributed by atoms with Gasteiger partial charge in [0.05, 0.1) is 12.5 Å². The molecule has 5 rings (SSSR count). The summed E-state index contributed by atoms with van der Waals surface area (Å²) in [5.41, 5.74) is 1.56. The maximum Gasteiger partial charge on any atom is 0.311 e. The number of esters is 1. The van der Waals surface area contributed by atoms with E-state index in [0.29, 0.717) is 17.9 Å². The van der Waals surface area contributed by atoms with Crippen LogP contribution in [-0.4, -0.2) is 29.1 Å². The second-order valence-corrected chi connectivity index (χ2v) is 13.7. The lowest BCUT2D eigenvalue weighted by Gasteiger charge is -2.71. The van der Waals surface area contributed by atoms with Gasteiger partial charge < -0.3 is 14.9 Å². The van der Waals surface area contributed by atoms with Gasteiger partial charge in [-0.1, -0.05) is 27.7 Å². The lowest BCUT2D eigenvalue weighted by Crippen LogP contribution is -2.67. The van der Waals surface area contributed by atoms with Crippen molar-refractivity contribution in [3.63, 3.8) is 0 Å². The first-order valence-electron chi connectivity index (χ1n) is 13.3. The molecule has 0 aromatic heterocycles. The fourth-order valence-electron chi connectivity index (χ4n) is 9.63. The van der Waals surface area contributed by atoms with E-state index in [1.807, 2.05) is 0 Å². The molecule has 1 aromatic carbocycles. The van der Waals surface area contributed by atoms with Crippen LogP contribution < -0.4 is 0 Å². The zero-order valence-corrected chi connectivity index (χ0v) is 22.5. The first-order chi connectivity index (χ1) is 16.2. The molecular formula is C30H42O5. The molecule has 0 spiro atoms. The number of rotatable bonds is 1. The van der Waals surface area contributed by atoms with Gasteiger partial charge in [-0.3, -0.25) is 9.59 Å². The van der Waals surface area contributed by atoms with Crippen LogP contribution in [-0.2, 0) is 26.2 Å². The number of methoxy groups -OCH3 is 1. The molecular weight excluding hydrogens is 440 g/mol. The summed E-state index contributed by atoms with van der Waals surface area (Å²) >= 11 is 0. The van der Waals surface area contributed by atoms with Gasteiger partial charge in [-0.2, -0.15) is 0 Å². The second-order valence-electron chi connectivity index (χ2n) is 13.7. The van der Waals surface area contributed by atoms with Crippen LogP contribution in [0.15, 0.2) is 6.07 Å². The van der Waals surface area contributed by atoms with Gasteiger partial charge in [-0.15, -0.1) is 0 Å². The minimum atomic E-state index is -0.482. The normalized spacial score (nSPS) is 44.5. The number of ketones is 1. The summed E-state index contributed by atoms with van der Waals surface area (Å²) in [6.45, 7) is 13.2. The summed E-state index contributed by atoms with van der Waals surface area (Å²) in [6.07, 6.45) is 6.88. The molecule has 4 aliphatic rings. The molecule has 192 valence electrons. The number of carbonyl (C=O) groups excluding carboxylic acids is 2. The summed E-state index contributed by atoms with van der Waals surface area (Å²) < 4.78 is 5.25. The number of phenols is 2. The molecule has 7 unspecified atom stereocenters.